The smallest absolute Gasteiger partial charge is 0.247 e. The molecule has 0 radical (unpaired) electrons. The molecule has 0 bridgehead atoms. The third-order valence-corrected chi connectivity index (χ3v) is 3.02. The Morgan fingerprint density at radius 3 is 2.11 bits per heavy atom. The topological polar surface area (TPSA) is 12.9 Å². The van der Waals surface area contributed by atoms with Crippen molar-refractivity contribution in [2.45, 2.75) is 13.1 Å². The number of benzene rings is 1. The van der Waals surface area contributed by atoms with E-state index in [1.165, 1.54) is 12.1 Å². The van der Waals surface area contributed by atoms with Crippen LogP contribution in [0.3, 0.4) is 0 Å². The molecule has 0 N–H and O–H groups in total. The fraction of sp³-hybridized carbons (Fsp3) is 0.154. The van der Waals surface area contributed by atoms with E-state index in [0.29, 0.717) is 0 Å². The second kappa shape index (κ2) is 4.87. The van der Waals surface area contributed by atoms with Crippen LogP contribution in [0.25, 0.3) is 11.1 Å². The van der Waals surface area contributed by atoms with Gasteiger partial charge >= 0.3 is 6.18 Å². The molecule has 0 saturated heterocycles. The Bertz CT molecular complexity index is 541. The lowest BCUT2D eigenvalue weighted by atomic mass is 10.0. The number of hydrogen-bond acceptors (Lipinski definition) is 1. The minimum absolute atomic E-state index is 0.633. The van der Waals surface area contributed by atoms with Crippen molar-refractivity contribution < 1.29 is 13.2 Å². The summed E-state index contributed by atoms with van der Waals surface area (Å²) in [5.74, 6) is 0. The van der Waals surface area contributed by atoms with Gasteiger partial charge in [0.05, 0.1) is 5.56 Å². The summed E-state index contributed by atoms with van der Waals surface area (Å²) in [7, 11) is 0. The molecular weight excluding hydrogens is 354 g/mol. The molecule has 1 nitrogen and oxygen atoms in total. The zero-order valence-corrected chi connectivity index (χ0v) is 11.6. The van der Waals surface area contributed by atoms with Gasteiger partial charge in [-0.05, 0) is 64.9 Å². The van der Waals surface area contributed by atoms with Gasteiger partial charge in [0.1, 0.15) is 3.70 Å². The number of aromatic nitrogens is 1. The lowest BCUT2D eigenvalue weighted by Crippen LogP contribution is -2.04. The van der Waals surface area contributed by atoms with E-state index in [0.717, 1.165) is 32.7 Å². The van der Waals surface area contributed by atoms with E-state index in [2.05, 4.69) is 27.6 Å². The lowest BCUT2D eigenvalue weighted by molar-refractivity contribution is -0.137. The normalized spacial score (nSPS) is 11.6. The number of aryl methyl sites for hydroxylation is 1. The molecule has 0 aliphatic heterocycles. The van der Waals surface area contributed by atoms with E-state index in [1.54, 1.807) is 0 Å². The van der Waals surface area contributed by atoms with Crippen LogP contribution in [0.4, 0.5) is 13.2 Å². The van der Waals surface area contributed by atoms with Crippen LogP contribution in [0.2, 0.25) is 0 Å². The molecule has 0 aliphatic rings. The van der Waals surface area contributed by atoms with Gasteiger partial charge < -0.3 is 0 Å². The second-order valence-electron chi connectivity index (χ2n) is 3.90. The Morgan fingerprint density at radius 1 is 1.00 bits per heavy atom. The first kappa shape index (κ1) is 13.3. The molecule has 1 aromatic carbocycles. The maximum absolute atomic E-state index is 12.4. The van der Waals surface area contributed by atoms with Gasteiger partial charge in [-0.1, -0.05) is 12.1 Å². The zero-order chi connectivity index (χ0) is 13.3. The molecule has 18 heavy (non-hydrogen) atoms. The number of hydrogen-bond donors (Lipinski definition) is 0. The highest BCUT2D eigenvalue weighted by molar-refractivity contribution is 14.1. The van der Waals surface area contributed by atoms with Crippen molar-refractivity contribution in [3.63, 3.8) is 0 Å². The Balaban J connectivity index is 2.40. The number of halogens is 4. The zero-order valence-electron chi connectivity index (χ0n) is 9.42. The van der Waals surface area contributed by atoms with Crippen molar-refractivity contribution >= 4 is 22.6 Å². The molecule has 0 aliphatic carbocycles. The van der Waals surface area contributed by atoms with E-state index in [9.17, 15) is 13.2 Å². The van der Waals surface area contributed by atoms with Crippen LogP contribution in [0.1, 0.15) is 11.3 Å². The molecule has 0 amide bonds. The first-order valence-corrected chi connectivity index (χ1v) is 6.26. The van der Waals surface area contributed by atoms with Crippen molar-refractivity contribution in [1.29, 1.82) is 0 Å². The van der Waals surface area contributed by atoms with Crippen molar-refractivity contribution in [3.8, 4) is 11.1 Å². The summed E-state index contributed by atoms with van der Waals surface area (Å²) in [6.07, 6.45) is -4.29. The first-order valence-electron chi connectivity index (χ1n) is 5.18. The summed E-state index contributed by atoms with van der Waals surface area (Å²) < 4.78 is 38.1. The van der Waals surface area contributed by atoms with Gasteiger partial charge in [-0.25, -0.2) is 4.98 Å². The van der Waals surface area contributed by atoms with Gasteiger partial charge in [-0.3, -0.25) is 0 Å². The predicted molar refractivity (Wildman–Crippen MR) is 72.1 cm³/mol. The highest BCUT2D eigenvalue weighted by Crippen LogP contribution is 2.31. The van der Waals surface area contributed by atoms with E-state index < -0.39 is 11.7 Å². The second-order valence-corrected chi connectivity index (χ2v) is 5.00. The van der Waals surface area contributed by atoms with Crippen LogP contribution in [0.15, 0.2) is 36.4 Å². The predicted octanol–water partition coefficient (Wildman–Crippen LogP) is 4.68. The van der Waals surface area contributed by atoms with Crippen LogP contribution in [0.5, 0.6) is 0 Å². The van der Waals surface area contributed by atoms with Gasteiger partial charge in [0.2, 0.25) is 0 Å². The summed E-state index contributed by atoms with van der Waals surface area (Å²) in [5.41, 5.74) is 1.84. The highest BCUT2D eigenvalue weighted by atomic mass is 127. The molecule has 5 heteroatoms. The van der Waals surface area contributed by atoms with Crippen LogP contribution in [0, 0.1) is 10.6 Å². The quantitative estimate of drug-likeness (QED) is 0.530. The minimum Gasteiger partial charge on any atom is -0.247 e. The van der Waals surface area contributed by atoms with Gasteiger partial charge in [0.25, 0.3) is 0 Å². The van der Waals surface area contributed by atoms with E-state index in [4.69, 9.17) is 0 Å². The SMILES string of the molecule is Cc1cc(-c2ccc(C(F)(F)F)cc2)cc(I)n1. The van der Waals surface area contributed by atoms with E-state index in [-0.39, 0.29) is 0 Å². The van der Waals surface area contributed by atoms with Crippen LogP contribution < -0.4 is 0 Å². The molecule has 0 unspecified atom stereocenters. The Hall–Kier alpha value is -1.11. The maximum atomic E-state index is 12.4. The molecular formula is C13H9F3IN. The summed E-state index contributed by atoms with van der Waals surface area (Å²) in [6, 6.07) is 8.85. The Morgan fingerprint density at radius 2 is 1.61 bits per heavy atom. The minimum atomic E-state index is -4.29. The lowest BCUT2D eigenvalue weighted by Gasteiger charge is -2.08. The standard InChI is InChI=1S/C13H9F3IN/c1-8-6-10(7-12(17)18-8)9-2-4-11(5-3-9)13(14,15)16/h2-7H,1H3. The van der Waals surface area contributed by atoms with Gasteiger partial charge in [0.15, 0.2) is 0 Å². The third-order valence-electron chi connectivity index (χ3n) is 2.47. The third kappa shape index (κ3) is 3.01. The van der Waals surface area contributed by atoms with Crippen molar-refractivity contribution in [2.75, 3.05) is 0 Å². The van der Waals surface area contributed by atoms with Crippen molar-refractivity contribution in [3.05, 3.63) is 51.4 Å². The van der Waals surface area contributed by atoms with Crippen LogP contribution in [-0.4, -0.2) is 4.98 Å². The summed E-state index contributed by atoms with van der Waals surface area (Å²) in [4.78, 5) is 4.22. The molecule has 0 saturated carbocycles. The molecule has 1 heterocycles. The summed E-state index contributed by atoms with van der Waals surface area (Å²) in [6.45, 7) is 1.86. The average Bonchev–Trinajstić information content (AvgIpc) is 2.27. The van der Waals surface area contributed by atoms with Crippen molar-refractivity contribution in [2.24, 2.45) is 0 Å². The van der Waals surface area contributed by atoms with Gasteiger partial charge in [-0.15, -0.1) is 0 Å². The van der Waals surface area contributed by atoms with E-state index in [1.807, 2.05) is 19.1 Å². The number of pyridine rings is 1. The largest absolute Gasteiger partial charge is 0.416 e. The monoisotopic (exact) mass is 363 g/mol. The number of nitrogens with zero attached hydrogens (tertiary/aromatic N) is 1. The molecule has 94 valence electrons. The number of rotatable bonds is 1. The van der Waals surface area contributed by atoms with Gasteiger partial charge in [0, 0.05) is 5.69 Å². The highest BCUT2D eigenvalue weighted by Gasteiger charge is 2.29. The Labute approximate surface area is 116 Å². The Kier molecular flexibility index (Phi) is 3.61. The van der Waals surface area contributed by atoms with E-state index >= 15 is 0 Å². The molecule has 1 aromatic heterocycles. The van der Waals surface area contributed by atoms with Gasteiger partial charge in [-0.2, -0.15) is 13.2 Å². The first-order chi connectivity index (χ1) is 8.36. The summed E-state index contributed by atoms with van der Waals surface area (Å²) >= 11 is 2.09. The average molecular weight is 363 g/mol. The fourth-order valence-electron chi connectivity index (χ4n) is 1.65. The van der Waals surface area contributed by atoms with Crippen LogP contribution >= 0.6 is 22.6 Å². The van der Waals surface area contributed by atoms with Crippen LogP contribution in [-0.2, 0) is 6.18 Å². The molecule has 0 atom stereocenters. The summed E-state index contributed by atoms with van der Waals surface area (Å²) in [5, 5.41) is 0. The maximum Gasteiger partial charge on any atom is 0.416 e. The van der Waals surface area contributed by atoms with Crippen molar-refractivity contribution in [1.82, 2.24) is 4.98 Å². The number of alkyl halides is 3. The molecule has 0 spiro atoms. The molecule has 0 fully saturated rings. The fourth-order valence-corrected chi connectivity index (χ4v) is 2.36. The molecule has 2 aromatic rings. The molecule has 2 rings (SSSR count).